The van der Waals surface area contributed by atoms with Gasteiger partial charge in [-0.25, -0.2) is 4.68 Å². The van der Waals surface area contributed by atoms with Gasteiger partial charge in [0.05, 0.1) is 0 Å². The van der Waals surface area contributed by atoms with Crippen LogP contribution in [0.1, 0.15) is 29.8 Å². The molecule has 2 heterocycles. The molecule has 0 aliphatic carbocycles. The highest BCUT2D eigenvalue weighted by atomic mass is 19.4. The Morgan fingerprint density at radius 1 is 1.43 bits per heavy atom. The Hall–Kier alpha value is -1.77. The number of carbonyl (C=O) groups excluding carboxylic acids is 1. The van der Waals surface area contributed by atoms with Gasteiger partial charge in [0.2, 0.25) is 0 Å². The van der Waals surface area contributed by atoms with Crippen molar-refractivity contribution >= 4 is 11.7 Å². The Labute approximate surface area is 119 Å². The number of rotatable bonds is 3. The van der Waals surface area contributed by atoms with Gasteiger partial charge < -0.3 is 16.4 Å². The van der Waals surface area contributed by atoms with Crippen LogP contribution in [0.15, 0.2) is 6.07 Å². The molecule has 1 saturated heterocycles. The zero-order valence-electron chi connectivity index (χ0n) is 11.4. The Morgan fingerprint density at radius 2 is 2.14 bits per heavy atom. The summed E-state index contributed by atoms with van der Waals surface area (Å²) in [5.41, 5.74) is 10.9. The number of alkyl halides is 3. The Bertz CT molecular complexity index is 513. The minimum Gasteiger partial charge on any atom is -0.364 e. The van der Waals surface area contributed by atoms with Gasteiger partial charge >= 0.3 is 6.18 Å². The first kappa shape index (κ1) is 15.6. The second-order valence-corrected chi connectivity index (χ2v) is 5.23. The molecule has 9 heteroatoms. The summed E-state index contributed by atoms with van der Waals surface area (Å²) in [4.78, 5) is 12.9. The molecule has 1 atom stereocenters. The van der Waals surface area contributed by atoms with Crippen LogP contribution in [0.25, 0.3) is 0 Å². The fourth-order valence-corrected chi connectivity index (χ4v) is 2.45. The van der Waals surface area contributed by atoms with Crippen LogP contribution in [-0.2, 0) is 6.54 Å². The zero-order valence-corrected chi connectivity index (χ0v) is 11.4. The zero-order chi connectivity index (χ0) is 15.6. The first-order valence-corrected chi connectivity index (χ1v) is 6.71. The third-order valence-corrected chi connectivity index (χ3v) is 3.37. The van der Waals surface area contributed by atoms with Gasteiger partial charge in [-0.15, -0.1) is 0 Å². The monoisotopic (exact) mass is 305 g/mol. The molecular formula is C12H18F3N5O. The highest BCUT2D eigenvalue weighted by Gasteiger charge is 2.31. The van der Waals surface area contributed by atoms with Gasteiger partial charge in [0.15, 0.2) is 5.69 Å². The molecule has 0 spiro atoms. The van der Waals surface area contributed by atoms with Crippen LogP contribution in [-0.4, -0.2) is 41.0 Å². The van der Waals surface area contributed by atoms with E-state index in [9.17, 15) is 18.0 Å². The first-order valence-electron chi connectivity index (χ1n) is 6.71. The number of halogens is 3. The molecule has 6 nitrogen and oxygen atoms in total. The van der Waals surface area contributed by atoms with Crippen molar-refractivity contribution in [3.63, 3.8) is 0 Å². The van der Waals surface area contributed by atoms with Gasteiger partial charge in [0.1, 0.15) is 12.4 Å². The van der Waals surface area contributed by atoms with E-state index in [1.165, 1.54) is 6.07 Å². The van der Waals surface area contributed by atoms with Gasteiger partial charge in [-0.2, -0.15) is 18.3 Å². The number of primary amides is 1. The van der Waals surface area contributed by atoms with E-state index >= 15 is 0 Å². The average Bonchev–Trinajstić information content (AvgIpc) is 2.62. The van der Waals surface area contributed by atoms with E-state index in [1.54, 1.807) is 4.90 Å². The number of hydrogen-bond acceptors (Lipinski definition) is 4. The van der Waals surface area contributed by atoms with Crippen molar-refractivity contribution in [1.29, 1.82) is 0 Å². The molecular weight excluding hydrogens is 287 g/mol. The van der Waals surface area contributed by atoms with Crippen molar-refractivity contribution < 1.29 is 18.0 Å². The van der Waals surface area contributed by atoms with Crippen LogP contribution >= 0.6 is 0 Å². The molecule has 1 aliphatic rings. The van der Waals surface area contributed by atoms with Gasteiger partial charge in [0, 0.05) is 25.2 Å². The highest BCUT2D eigenvalue weighted by Crippen LogP contribution is 2.25. The molecule has 0 radical (unpaired) electrons. The highest BCUT2D eigenvalue weighted by molar-refractivity contribution is 5.91. The lowest BCUT2D eigenvalue weighted by molar-refractivity contribution is -0.142. The van der Waals surface area contributed by atoms with E-state index in [4.69, 9.17) is 11.5 Å². The summed E-state index contributed by atoms with van der Waals surface area (Å²) in [6.07, 6.45) is -1.85. The standard InChI is InChI=1S/C12H18F3N5O/c13-12(14,15)7-20-10(5-9(18-20)11(17)21)19-4-2-1-3-8(16)6-19/h5,8H,1-4,6-7,16H2,(H2,17,21). The molecule has 2 rings (SSSR count). The third-order valence-electron chi connectivity index (χ3n) is 3.37. The normalized spacial score (nSPS) is 20.4. The van der Waals surface area contributed by atoms with Gasteiger partial charge in [-0.3, -0.25) is 4.79 Å². The summed E-state index contributed by atoms with van der Waals surface area (Å²) in [6.45, 7) is -0.251. The van der Waals surface area contributed by atoms with E-state index < -0.39 is 18.6 Å². The summed E-state index contributed by atoms with van der Waals surface area (Å²) in [6, 6.07) is 1.19. The summed E-state index contributed by atoms with van der Waals surface area (Å²) >= 11 is 0. The van der Waals surface area contributed by atoms with E-state index in [2.05, 4.69) is 5.10 Å². The molecule has 1 aliphatic heterocycles. The van der Waals surface area contributed by atoms with E-state index in [1.807, 2.05) is 0 Å². The SMILES string of the molecule is NC(=O)c1cc(N2CCCCC(N)C2)n(CC(F)(F)F)n1. The summed E-state index contributed by atoms with van der Waals surface area (Å²) in [7, 11) is 0. The maximum Gasteiger partial charge on any atom is 0.408 e. The van der Waals surface area contributed by atoms with Crippen LogP contribution in [0.2, 0.25) is 0 Å². The van der Waals surface area contributed by atoms with Crippen LogP contribution in [0.5, 0.6) is 0 Å². The van der Waals surface area contributed by atoms with Crippen LogP contribution in [0.3, 0.4) is 0 Å². The molecule has 1 aromatic rings. The summed E-state index contributed by atoms with van der Waals surface area (Å²) in [5.74, 6) is -0.616. The maximum absolute atomic E-state index is 12.6. The fraction of sp³-hybridized carbons (Fsp3) is 0.667. The lowest BCUT2D eigenvalue weighted by Gasteiger charge is -2.25. The topological polar surface area (TPSA) is 90.2 Å². The van der Waals surface area contributed by atoms with Crippen molar-refractivity contribution in [1.82, 2.24) is 9.78 Å². The lowest BCUT2D eigenvalue weighted by atomic mass is 10.2. The van der Waals surface area contributed by atoms with Crippen molar-refractivity contribution in [2.45, 2.75) is 38.0 Å². The Morgan fingerprint density at radius 3 is 2.76 bits per heavy atom. The smallest absolute Gasteiger partial charge is 0.364 e. The first-order chi connectivity index (χ1) is 9.76. The Balaban J connectivity index is 2.32. The number of anilines is 1. The predicted molar refractivity (Wildman–Crippen MR) is 70.8 cm³/mol. The molecule has 0 aromatic carbocycles. The minimum absolute atomic E-state index is 0.112. The largest absolute Gasteiger partial charge is 0.408 e. The molecule has 1 amide bonds. The molecule has 21 heavy (non-hydrogen) atoms. The number of carbonyl (C=O) groups is 1. The molecule has 0 saturated carbocycles. The number of nitrogens with two attached hydrogens (primary N) is 2. The number of amides is 1. The Kier molecular flexibility index (Phi) is 4.40. The van der Waals surface area contributed by atoms with Crippen LogP contribution in [0.4, 0.5) is 19.0 Å². The number of nitrogens with zero attached hydrogens (tertiary/aromatic N) is 3. The second kappa shape index (κ2) is 5.92. The van der Waals surface area contributed by atoms with Crippen LogP contribution < -0.4 is 16.4 Å². The minimum atomic E-state index is -4.43. The lowest BCUT2D eigenvalue weighted by Crippen LogP contribution is -2.37. The molecule has 1 aromatic heterocycles. The van der Waals surface area contributed by atoms with Crippen molar-refractivity contribution in [3.05, 3.63) is 11.8 Å². The van der Waals surface area contributed by atoms with Gasteiger partial charge in [-0.05, 0) is 12.8 Å². The van der Waals surface area contributed by atoms with E-state index in [0.717, 1.165) is 23.9 Å². The van der Waals surface area contributed by atoms with E-state index in [-0.39, 0.29) is 17.6 Å². The average molecular weight is 305 g/mol. The molecule has 0 bridgehead atoms. The van der Waals surface area contributed by atoms with Gasteiger partial charge in [-0.1, -0.05) is 6.42 Å². The van der Waals surface area contributed by atoms with Crippen molar-refractivity contribution in [2.75, 3.05) is 18.0 Å². The van der Waals surface area contributed by atoms with Crippen molar-refractivity contribution in [2.24, 2.45) is 11.5 Å². The molecule has 118 valence electrons. The predicted octanol–water partition coefficient (Wildman–Crippen LogP) is 0.862. The third kappa shape index (κ3) is 4.10. The number of hydrogen-bond donors (Lipinski definition) is 2. The molecule has 4 N–H and O–H groups in total. The van der Waals surface area contributed by atoms with E-state index in [0.29, 0.717) is 13.1 Å². The number of aromatic nitrogens is 2. The maximum atomic E-state index is 12.6. The van der Waals surface area contributed by atoms with Crippen LogP contribution in [0, 0.1) is 0 Å². The molecule has 1 fully saturated rings. The quantitative estimate of drug-likeness (QED) is 0.866. The second-order valence-electron chi connectivity index (χ2n) is 5.23. The van der Waals surface area contributed by atoms with Crippen molar-refractivity contribution in [3.8, 4) is 0 Å². The summed E-state index contributed by atoms with van der Waals surface area (Å²) in [5, 5.41) is 3.67. The van der Waals surface area contributed by atoms with Gasteiger partial charge in [0.25, 0.3) is 5.91 Å². The molecule has 1 unspecified atom stereocenters. The summed E-state index contributed by atoms with van der Waals surface area (Å²) < 4.78 is 38.7. The fourth-order valence-electron chi connectivity index (χ4n) is 2.45.